The van der Waals surface area contributed by atoms with Gasteiger partial charge in [-0.15, -0.1) is 0 Å². The van der Waals surface area contributed by atoms with Crippen LogP contribution in [0.2, 0.25) is 5.02 Å². The van der Waals surface area contributed by atoms with Crippen molar-refractivity contribution in [3.05, 3.63) is 58.7 Å². The number of hydrogen-bond donors (Lipinski definition) is 1. The third kappa shape index (κ3) is 4.86. The van der Waals surface area contributed by atoms with Crippen LogP contribution in [0.25, 0.3) is 0 Å². The zero-order valence-corrected chi connectivity index (χ0v) is 14.3. The van der Waals surface area contributed by atoms with Crippen LogP contribution in [0, 0.1) is 0 Å². The van der Waals surface area contributed by atoms with Gasteiger partial charge in [-0.25, -0.2) is 4.98 Å². The second-order valence-corrected chi connectivity index (χ2v) is 6.64. The van der Waals surface area contributed by atoms with Gasteiger partial charge in [0.15, 0.2) is 0 Å². The van der Waals surface area contributed by atoms with E-state index in [0.717, 1.165) is 44.7 Å². The van der Waals surface area contributed by atoms with Crippen molar-refractivity contribution >= 4 is 17.4 Å². The summed E-state index contributed by atoms with van der Waals surface area (Å²) in [6, 6.07) is 11.4. The summed E-state index contributed by atoms with van der Waals surface area (Å²) >= 11 is 5.96. The number of halogens is 4. The second-order valence-electron chi connectivity index (χ2n) is 6.23. The Balaban J connectivity index is 1.54. The molecule has 0 amide bonds. The number of anilines is 1. The van der Waals surface area contributed by atoms with E-state index in [-0.39, 0.29) is 11.1 Å². The van der Waals surface area contributed by atoms with E-state index in [1.165, 1.54) is 5.56 Å². The third-order valence-corrected chi connectivity index (χ3v) is 4.63. The zero-order valence-electron chi connectivity index (χ0n) is 13.6. The summed E-state index contributed by atoms with van der Waals surface area (Å²) < 4.78 is 38.0. The van der Waals surface area contributed by atoms with Gasteiger partial charge in [-0.05, 0) is 24.5 Å². The molecule has 1 fully saturated rings. The van der Waals surface area contributed by atoms with Crippen LogP contribution in [0.15, 0.2) is 42.6 Å². The number of likely N-dealkylation sites (tertiary alicyclic amines) is 1. The summed E-state index contributed by atoms with van der Waals surface area (Å²) in [5, 5.41) is 3.18. The molecule has 0 atom stereocenters. The Kier molecular flexibility index (Phi) is 5.49. The van der Waals surface area contributed by atoms with Gasteiger partial charge in [-0.2, -0.15) is 13.2 Å². The van der Waals surface area contributed by atoms with Crippen molar-refractivity contribution in [2.45, 2.75) is 31.6 Å². The normalized spacial score (nSPS) is 16.8. The molecule has 1 aromatic carbocycles. The smallest absolute Gasteiger partial charge is 0.366 e. The lowest BCUT2D eigenvalue weighted by atomic mass is 10.0. The maximum atomic E-state index is 12.7. The third-order valence-electron chi connectivity index (χ3n) is 4.35. The fraction of sp³-hybridized carbons (Fsp3) is 0.389. The van der Waals surface area contributed by atoms with Crippen molar-refractivity contribution in [2.24, 2.45) is 0 Å². The van der Waals surface area contributed by atoms with E-state index < -0.39 is 11.7 Å². The summed E-state index contributed by atoms with van der Waals surface area (Å²) in [7, 11) is 0. The predicted molar refractivity (Wildman–Crippen MR) is 92.6 cm³/mol. The fourth-order valence-corrected chi connectivity index (χ4v) is 3.19. The SMILES string of the molecule is FC(F)(F)c1cnc(NC2CCN(Cc3ccccc3)CC2)c(Cl)c1. The molecule has 0 unspecified atom stereocenters. The Labute approximate surface area is 149 Å². The van der Waals surface area contributed by atoms with Crippen molar-refractivity contribution in [2.75, 3.05) is 18.4 Å². The molecule has 134 valence electrons. The molecule has 1 N–H and O–H groups in total. The van der Waals surface area contributed by atoms with E-state index in [9.17, 15) is 13.2 Å². The lowest BCUT2D eigenvalue weighted by Gasteiger charge is -2.32. The highest BCUT2D eigenvalue weighted by atomic mass is 35.5. The first-order valence-electron chi connectivity index (χ1n) is 8.17. The Hall–Kier alpha value is -1.79. The van der Waals surface area contributed by atoms with Crippen LogP contribution in [-0.4, -0.2) is 29.0 Å². The number of rotatable bonds is 4. The molecule has 3 rings (SSSR count). The molecule has 0 saturated carbocycles. The Morgan fingerprint density at radius 3 is 2.44 bits per heavy atom. The first kappa shape index (κ1) is 18.0. The van der Waals surface area contributed by atoms with E-state index in [2.05, 4.69) is 27.3 Å². The molecular formula is C18H19ClF3N3. The van der Waals surface area contributed by atoms with Crippen molar-refractivity contribution in [1.29, 1.82) is 0 Å². The number of hydrogen-bond acceptors (Lipinski definition) is 3. The number of benzene rings is 1. The van der Waals surface area contributed by atoms with Crippen molar-refractivity contribution in [1.82, 2.24) is 9.88 Å². The lowest BCUT2D eigenvalue weighted by molar-refractivity contribution is -0.137. The molecule has 2 aromatic rings. The van der Waals surface area contributed by atoms with Gasteiger partial charge < -0.3 is 5.32 Å². The number of alkyl halides is 3. The maximum absolute atomic E-state index is 12.7. The van der Waals surface area contributed by atoms with Crippen molar-refractivity contribution in [3.63, 3.8) is 0 Å². The first-order chi connectivity index (χ1) is 11.9. The van der Waals surface area contributed by atoms with E-state index in [0.29, 0.717) is 5.82 Å². The minimum absolute atomic E-state index is 0.00143. The van der Waals surface area contributed by atoms with Crippen LogP contribution in [0.4, 0.5) is 19.0 Å². The molecular weight excluding hydrogens is 351 g/mol. The first-order valence-corrected chi connectivity index (χ1v) is 8.55. The molecule has 25 heavy (non-hydrogen) atoms. The predicted octanol–water partition coefficient (Wildman–Crippen LogP) is 4.83. The summed E-state index contributed by atoms with van der Waals surface area (Å²) in [6.07, 6.45) is -1.82. The van der Waals surface area contributed by atoms with Gasteiger partial charge in [-0.3, -0.25) is 4.90 Å². The molecule has 1 aliphatic rings. The van der Waals surface area contributed by atoms with Crippen molar-refractivity contribution in [3.8, 4) is 0 Å². The molecule has 1 saturated heterocycles. The summed E-state index contributed by atoms with van der Waals surface area (Å²) in [5.74, 6) is 0.316. The molecule has 3 nitrogen and oxygen atoms in total. The molecule has 1 aliphatic heterocycles. The molecule has 0 aliphatic carbocycles. The van der Waals surface area contributed by atoms with Crippen LogP contribution < -0.4 is 5.32 Å². The monoisotopic (exact) mass is 369 g/mol. The molecule has 7 heteroatoms. The summed E-state index contributed by atoms with van der Waals surface area (Å²) in [5.41, 5.74) is 0.446. The quantitative estimate of drug-likeness (QED) is 0.836. The minimum atomic E-state index is -4.43. The molecule has 0 spiro atoms. The average molecular weight is 370 g/mol. The van der Waals surface area contributed by atoms with E-state index in [1.54, 1.807) is 0 Å². The van der Waals surface area contributed by atoms with Crippen LogP contribution in [0.3, 0.4) is 0 Å². The average Bonchev–Trinajstić information content (AvgIpc) is 2.58. The Morgan fingerprint density at radius 2 is 1.84 bits per heavy atom. The van der Waals surface area contributed by atoms with Gasteiger partial charge in [-0.1, -0.05) is 41.9 Å². The van der Waals surface area contributed by atoms with Gasteiger partial charge in [0.1, 0.15) is 5.82 Å². The van der Waals surface area contributed by atoms with Crippen LogP contribution in [0.1, 0.15) is 24.0 Å². The summed E-state index contributed by atoms with van der Waals surface area (Å²) in [6.45, 7) is 2.75. The highest BCUT2D eigenvalue weighted by Gasteiger charge is 2.31. The van der Waals surface area contributed by atoms with Gasteiger partial charge in [0.2, 0.25) is 0 Å². The fourth-order valence-electron chi connectivity index (χ4n) is 2.97. The minimum Gasteiger partial charge on any atom is -0.366 e. The molecule has 0 bridgehead atoms. The Morgan fingerprint density at radius 1 is 1.16 bits per heavy atom. The van der Waals surface area contributed by atoms with Crippen LogP contribution in [0.5, 0.6) is 0 Å². The van der Waals surface area contributed by atoms with Crippen LogP contribution >= 0.6 is 11.6 Å². The van der Waals surface area contributed by atoms with E-state index >= 15 is 0 Å². The summed E-state index contributed by atoms with van der Waals surface area (Å²) in [4.78, 5) is 6.22. The highest BCUT2D eigenvalue weighted by molar-refractivity contribution is 6.33. The molecule has 0 radical (unpaired) electrons. The van der Waals surface area contributed by atoms with E-state index in [1.807, 2.05) is 18.2 Å². The zero-order chi connectivity index (χ0) is 17.9. The van der Waals surface area contributed by atoms with Gasteiger partial charge in [0, 0.05) is 31.9 Å². The maximum Gasteiger partial charge on any atom is 0.417 e. The van der Waals surface area contributed by atoms with Gasteiger partial charge in [0.05, 0.1) is 10.6 Å². The van der Waals surface area contributed by atoms with Gasteiger partial charge in [0.25, 0.3) is 0 Å². The van der Waals surface area contributed by atoms with Gasteiger partial charge >= 0.3 is 6.18 Å². The standard InChI is InChI=1S/C18H19ClF3N3/c19-16-10-14(18(20,21)22)11-23-17(16)24-15-6-8-25(9-7-15)12-13-4-2-1-3-5-13/h1-5,10-11,15H,6-9,12H2,(H,23,24). The van der Waals surface area contributed by atoms with E-state index in [4.69, 9.17) is 11.6 Å². The topological polar surface area (TPSA) is 28.2 Å². The lowest BCUT2D eigenvalue weighted by Crippen LogP contribution is -2.38. The largest absolute Gasteiger partial charge is 0.417 e. The second kappa shape index (κ2) is 7.62. The number of aromatic nitrogens is 1. The van der Waals surface area contributed by atoms with Crippen LogP contribution in [-0.2, 0) is 12.7 Å². The molecule has 2 heterocycles. The highest BCUT2D eigenvalue weighted by Crippen LogP contribution is 2.32. The number of nitrogens with zero attached hydrogens (tertiary/aromatic N) is 2. The van der Waals surface area contributed by atoms with Crippen molar-refractivity contribution < 1.29 is 13.2 Å². The number of nitrogens with one attached hydrogen (secondary N) is 1. The molecule has 1 aromatic heterocycles. The number of piperidine rings is 1. The number of pyridine rings is 1. The Bertz CT molecular complexity index is 698.